The molecule has 0 heterocycles. The summed E-state index contributed by atoms with van der Waals surface area (Å²) in [5.41, 5.74) is 0. The molecule has 0 aromatic carbocycles. The van der Waals surface area contributed by atoms with Crippen molar-refractivity contribution in [1.29, 1.82) is 0 Å². The van der Waals surface area contributed by atoms with Crippen LogP contribution in [0.15, 0.2) is 24.3 Å². The molecule has 10 heteroatoms. The van der Waals surface area contributed by atoms with Crippen LogP contribution in [0.5, 0.6) is 0 Å². The summed E-state index contributed by atoms with van der Waals surface area (Å²) in [6, 6.07) is 0. The van der Waals surface area contributed by atoms with Gasteiger partial charge in [-0.2, -0.15) is 0 Å². The summed E-state index contributed by atoms with van der Waals surface area (Å²) in [6.07, 6.45) is 35.9. The van der Waals surface area contributed by atoms with Gasteiger partial charge in [-0.05, 0) is 44.9 Å². The number of carbonyl (C=O) groups is 2. The topological polar surface area (TPSA) is 122 Å². The van der Waals surface area contributed by atoms with Crippen LogP contribution in [0.2, 0.25) is 0 Å². The molecule has 0 aromatic heterocycles. The van der Waals surface area contributed by atoms with E-state index in [4.69, 9.17) is 14.4 Å². The van der Waals surface area contributed by atoms with E-state index in [1.54, 1.807) is 0 Å². The maximum Gasteiger partial charge on any atom is 1.00 e. The number of rotatable bonds is 34. The van der Waals surface area contributed by atoms with E-state index in [0.717, 1.165) is 57.8 Å². The number of phosphoric ester groups is 1. The summed E-state index contributed by atoms with van der Waals surface area (Å²) in [5.74, 6) is -0.933. The Kier molecular flexibility index (Phi) is 38.1. The van der Waals surface area contributed by atoms with Gasteiger partial charge in [0.2, 0.25) is 0 Å². The van der Waals surface area contributed by atoms with Crippen molar-refractivity contribution in [3.8, 4) is 0 Å². The average Bonchev–Trinajstić information content (AvgIpc) is 3.02. The van der Waals surface area contributed by atoms with Gasteiger partial charge in [0.05, 0.1) is 6.61 Å². The van der Waals surface area contributed by atoms with E-state index >= 15 is 0 Å². The summed E-state index contributed by atoms with van der Waals surface area (Å²) in [5, 5.41) is 0. The molecule has 1 unspecified atom stereocenters. The zero-order valence-corrected chi connectivity index (χ0v) is 33.3. The van der Waals surface area contributed by atoms with Gasteiger partial charge in [0.1, 0.15) is 6.61 Å². The van der Waals surface area contributed by atoms with Gasteiger partial charge in [-0.3, -0.25) is 14.2 Å². The third-order valence-electron chi connectivity index (χ3n) is 7.97. The van der Waals surface area contributed by atoms with Crippen LogP contribution < -0.4 is 34.5 Å². The average molecular weight is 695 g/mol. The molecule has 0 aliphatic heterocycles. The number of hydrogen-bond acceptors (Lipinski definition) is 7. The predicted molar refractivity (Wildman–Crippen MR) is 186 cm³/mol. The zero-order chi connectivity index (χ0) is 34.0. The van der Waals surface area contributed by atoms with Crippen LogP contribution in [-0.2, 0) is 28.2 Å². The first-order valence-electron chi connectivity index (χ1n) is 18.6. The van der Waals surface area contributed by atoms with Crippen molar-refractivity contribution in [2.24, 2.45) is 0 Å². The van der Waals surface area contributed by atoms with E-state index in [0.29, 0.717) is 6.42 Å². The molecule has 0 radical (unpaired) electrons. The largest absolute Gasteiger partial charge is 1.00 e. The van der Waals surface area contributed by atoms with E-state index in [1.807, 2.05) is 0 Å². The summed E-state index contributed by atoms with van der Waals surface area (Å²) in [4.78, 5) is 44.5. The monoisotopic (exact) mass is 694 g/mol. The number of ether oxygens (including phenoxy) is 2. The molecule has 0 aliphatic carbocycles. The normalized spacial score (nSPS) is 13.4. The molecule has 0 aromatic rings. The molecule has 0 aliphatic rings. The minimum absolute atomic E-state index is 0. The van der Waals surface area contributed by atoms with Crippen molar-refractivity contribution in [1.82, 2.24) is 0 Å². The predicted octanol–water partition coefficient (Wildman–Crippen LogP) is 7.22. The number of esters is 2. The standard InChI is InChI=1S/C37H69O8P.Na/c1-3-5-7-9-11-13-15-17-18-20-22-24-26-28-30-32-37(39)45-35(34-44-46(40,41)42)33-43-36(38)31-29-27-25-23-21-19-16-14-12-10-8-6-4-2;/h11,13,17-18,35H,3-10,12,14-16,19-34H2,1-2H3,(H2,40,41,42);/q;+1/p-1/t35-;/m1./s1. The van der Waals surface area contributed by atoms with Crippen LogP contribution in [0.4, 0.5) is 0 Å². The second kappa shape index (κ2) is 36.8. The molecule has 0 bridgehead atoms. The van der Waals surface area contributed by atoms with Crippen LogP contribution in [0, 0.1) is 0 Å². The first kappa shape index (κ1) is 48.6. The van der Waals surface area contributed by atoms with Crippen molar-refractivity contribution >= 4 is 19.8 Å². The second-order valence-corrected chi connectivity index (χ2v) is 13.7. The van der Waals surface area contributed by atoms with Gasteiger partial charge in [-0.1, -0.05) is 147 Å². The van der Waals surface area contributed by atoms with Gasteiger partial charge in [0.15, 0.2) is 6.10 Å². The fourth-order valence-corrected chi connectivity index (χ4v) is 5.52. The number of allylic oxidation sites excluding steroid dienone is 4. The first-order chi connectivity index (χ1) is 22.3. The van der Waals surface area contributed by atoms with Crippen LogP contribution in [0.25, 0.3) is 0 Å². The Morgan fingerprint density at radius 2 is 1.02 bits per heavy atom. The molecule has 0 fully saturated rings. The molecule has 2 atom stereocenters. The van der Waals surface area contributed by atoms with Crippen molar-refractivity contribution in [2.75, 3.05) is 13.2 Å². The van der Waals surface area contributed by atoms with Crippen LogP contribution in [0.1, 0.15) is 181 Å². The molecule has 8 nitrogen and oxygen atoms in total. The van der Waals surface area contributed by atoms with E-state index in [9.17, 15) is 19.0 Å². The summed E-state index contributed by atoms with van der Waals surface area (Å²) in [7, 11) is -5.00. The Bertz CT molecular complexity index is 814. The molecule has 47 heavy (non-hydrogen) atoms. The molecule has 0 spiro atoms. The zero-order valence-electron chi connectivity index (χ0n) is 30.4. The molecule has 0 saturated carbocycles. The minimum Gasteiger partial charge on any atom is -0.756 e. The summed E-state index contributed by atoms with van der Waals surface area (Å²) < 4.78 is 26.0. The second-order valence-electron chi connectivity index (χ2n) is 12.5. The van der Waals surface area contributed by atoms with Crippen molar-refractivity contribution < 1.29 is 67.5 Å². The van der Waals surface area contributed by atoms with Gasteiger partial charge < -0.3 is 23.8 Å². The number of unbranched alkanes of at least 4 members (excludes halogenated alkanes) is 20. The third-order valence-corrected chi connectivity index (χ3v) is 8.44. The fraction of sp³-hybridized carbons (Fsp3) is 0.838. The van der Waals surface area contributed by atoms with Crippen LogP contribution >= 0.6 is 7.82 Å². The summed E-state index contributed by atoms with van der Waals surface area (Å²) >= 11 is 0. The van der Waals surface area contributed by atoms with Gasteiger partial charge in [-0.25, -0.2) is 0 Å². The maximum absolute atomic E-state index is 12.3. The smallest absolute Gasteiger partial charge is 0.756 e. The minimum atomic E-state index is -5.00. The van der Waals surface area contributed by atoms with Crippen molar-refractivity contribution in [2.45, 2.75) is 187 Å². The van der Waals surface area contributed by atoms with Gasteiger partial charge >= 0.3 is 41.5 Å². The molecule has 0 rings (SSSR count). The van der Waals surface area contributed by atoms with E-state index in [1.165, 1.54) is 89.9 Å². The number of hydrogen-bond donors (Lipinski definition) is 1. The number of phosphoric acid groups is 1. The third kappa shape index (κ3) is 39.8. The Hall–Kier alpha value is -0.470. The van der Waals surface area contributed by atoms with Gasteiger partial charge in [0, 0.05) is 12.8 Å². The van der Waals surface area contributed by atoms with Crippen molar-refractivity contribution in [3.63, 3.8) is 0 Å². The van der Waals surface area contributed by atoms with E-state index in [-0.39, 0.29) is 49.0 Å². The molecule has 0 amide bonds. The van der Waals surface area contributed by atoms with Crippen molar-refractivity contribution in [3.05, 3.63) is 24.3 Å². The SMILES string of the molecule is CCCCCC=CCC=CCCCCCCCC(=O)O[C@H](COC(=O)CCCCCCCCCCCCCCC)COP(=O)([O-])O.[Na+]. The van der Waals surface area contributed by atoms with Gasteiger partial charge in [0.25, 0.3) is 7.82 Å². The quantitative estimate of drug-likeness (QED) is 0.0247. The Balaban J connectivity index is 0. The Morgan fingerprint density at radius 3 is 1.51 bits per heavy atom. The van der Waals surface area contributed by atoms with E-state index in [2.05, 4.69) is 42.7 Å². The van der Waals surface area contributed by atoms with Crippen LogP contribution in [0.3, 0.4) is 0 Å². The van der Waals surface area contributed by atoms with E-state index < -0.39 is 32.5 Å². The molecule has 0 saturated heterocycles. The first-order valence-corrected chi connectivity index (χ1v) is 20.1. The maximum atomic E-state index is 12.3. The Morgan fingerprint density at radius 1 is 0.617 bits per heavy atom. The van der Waals surface area contributed by atoms with Crippen LogP contribution in [-0.4, -0.2) is 36.1 Å². The Labute approximate surface area is 310 Å². The number of carbonyl (C=O) groups excluding carboxylic acids is 2. The molecule has 270 valence electrons. The molecular formula is C37H68NaO8P. The van der Waals surface area contributed by atoms with Gasteiger partial charge in [-0.15, -0.1) is 0 Å². The molecule has 1 N–H and O–H groups in total. The fourth-order valence-electron chi connectivity index (χ4n) is 5.16. The summed E-state index contributed by atoms with van der Waals surface area (Å²) in [6.45, 7) is 3.54. The molecular weight excluding hydrogens is 626 g/mol.